The third-order valence-corrected chi connectivity index (χ3v) is 4.49. The van der Waals surface area contributed by atoms with Crippen molar-refractivity contribution >= 4 is 41.5 Å². The van der Waals surface area contributed by atoms with Gasteiger partial charge in [-0.25, -0.2) is 4.99 Å². The van der Waals surface area contributed by atoms with Crippen molar-refractivity contribution in [2.24, 2.45) is 4.99 Å². The quantitative estimate of drug-likeness (QED) is 0.340. The molecule has 1 aromatic rings. The van der Waals surface area contributed by atoms with Crippen LogP contribution in [0.4, 0.5) is 18.9 Å². The van der Waals surface area contributed by atoms with E-state index in [1.54, 1.807) is 0 Å². The molecular weight excluding hydrogens is 498 g/mol. The van der Waals surface area contributed by atoms with E-state index in [1.807, 2.05) is 13.8 Å². The van der Waals surface area contributed by atoms with Gasteiger partial charge in [0.25, 0.3) is 0 Å². The van der Waals surface area contributed by atoms with Gasteiger partial charge in [-0.1, -0.05) is 17.7 Å². The van der Waals surface area contributed by atoms with Gasteiger partial charge in [0.1, 0.15) is 13.1 Å². The van der Waals surface area contributed by atoms with Crippen LogP contribution in [-0.2, 0) is 4.79 Å². The molecule has 0 saturated carbocycles. The van der Waals surface area contributed by atoms with Crippen LogP contribution in [0.3, 0.4) is 0 Å². The number of anilines is 1. The van der Waals surface area contributed by atoms with Gasteiger partial charge in [0.15, 0.2) is 5.96 Å². The normalized spacial score (nSPS) is 17.0. The Hall–Kier alpha value is -1.72. The summed E-state index contributed by atoms with van der Waals surface area (Å²) in [5, 5.41) is 6.32. The van der Waals surface area contributed by atoms with Crippen molar-refractivity contribution in [3.8, 4) is 0 Å². The number of aliphatic imine (C=N–C) groups is 1. The lowest BCUT2D eigenvalue weighted by molar-refractivity contribution is -0.157. The van der Waals surface area contributed by atoms with E-state index >= 15 is 0 Å². The molecule has 1 aliphatic heterocycles. The monoisotopic (exact) mass is 527 g/mol. The van der Waals surface area contributed by atoms with E-state index in [2.05, 4.69) is 44.8 Å². The van der Waals surface area contributed by atoms with Crippen molar-refractivity contribution in [1.82, 2.24) is 15.5 Å². The predicted octanol–water partition coefficient (Wildman–Crippen LogP) is 2.77. The minimum atomic E-state index is -4.42. The van der Waals surface area contributed by atoms with E-state index in [1.165, 1.54) is 5.56 Å². The zero-order valence-electron chi connectivity index (χ0n) is 16.9. The number of carbonyl (C=O) groups is 1. The molecule has 6 nitrogen and oxygen atoms in total. The highest BCUT2D eigenvalue weighted by Crippen LogP contribution is 2.20. The highest BCUT2D eigenvalue weighted by atomic mass is 127. The molecule has 1 unspecified atom stereocenters. The Bertz CT molecular complexity index is 681. The Morgan fingerprint density at radius 1 is 1.31 bits per heavy atom. The van der Waals surface area contributed by atoms with Gasteiger partial charge in [-0.3, -0.25) is 4.79 Å². The third kappa shape index (κ3) is 8.67. The van der Waals surface area contributed by atoms with Gasteiger partial charge in [0, 0.05) is 38.4 Å². The summed E-state index contributed by atoms with van der Waals surface area (Å²) in [5.41, 5.74) is 2.36. The fourth-order valence-electron chi connectivity index (χ4n) is 3.01. The van der Waals surface area contributed by atoms with Crippen LogP contribution in [0.5, 0.6) is 0 Å². The molecule has 0 aromatic heterocycles. The van der Waals surface area contributed by atoms with E-state index in [0.717, 1.165) is 32.2 Å². The molecule has 0 aliphatic carbocycles. The number of hydrogen-bond acceptors (Lipinski definition) is 3. The number of likely N-dealkylation sites (N-methyl/N-ethyl adjacent to an activating group) is 1. The van der Waals surface area contributed by atoms with Crippen LogP contribution in [0.1, 0.15) is 18.9 Å². The number of benzene rings is 1. The number of hydrogen-bond donors (Lipinski definition) is 2. The average Bonchev–Trinajstić information content (AvgIpc) is 3.07. The number of guanidine groups is 1. The van der Waals surface area contributed by atoms with Crippen LogP contribution >= 0.6 is 24.0 Å². The maximum atomic E-state index is 12.4. The zero-order valence-corrected chi connectivity index (χ0v) is 19.3. The minimum Gasteiger partial charge on any atom is -0.369 e. The summed E-state index contributed by atoms with van der Waals surface area (Å²) in [6.07, 6.45) is -3.51. The molecule has 2 N–H and O–H groups in total. The number of nitrogens with one attached hydrogen (secondary N) is 2. The number of halogens is 4. The predicted molar refractivity (Wildman–Crippen MR) is 120 cm³/mol. The Kier molecular flexibility index (Phi) is 10.0. The van der Waals surface area contributed by atoms with Gasteiger partial charge in [-0.15, -0.1) is 24.0 Å². The zero-order chi connectivity index (χ0) is 20.7. The van der Waals surface area contributed by atoms with Crippen LogP contribution in [-0.4, -0.2) is 68.8 Å². The smallest absolute Gasteiger partial charge is 0.369 e. The van der Waals surface area contributed by atoms with E-state index in [0.29, 0.717) is 17.4 Å². The first-order chi connectivity index (χ1) is 13.2. The SMILES string of the molecule is CCNC(=NCC(=O)N(C)CC(F)(F)F)NC1CCN(c2ccc(C)cc2)C1.I. The number of amides is 1. The average molecular weight is 527 g/mol. The van der Waals surface area contributed by atoms with Gasteiger partial charge in [0.05, 0.1) is 0 Å². The lowest BCUT2D eigenvalue weighted by Crippen LogP contribution is -2.45. The molecule has 1 heterocycles. The van der Waals surface area contributed by atoms with Crippen LogP contribution in [0, 0.1) is 6.92 Å². The molecule has 29 heavy (non-hydrogen) atoms. The summed E-state index contributed by atoms with van der Waals surface area (Å²) in [4.78, 5) is 18.9. The Morgan fingerprint density at radius 2 is 1.97 bits per heavy atom. The van der Waals surface area contributed by atoms with Crippen molar-refractivity contribution in [1.29, 1.82) is 0 Å². The first-order valence-electron chi connectivity index (χ1n) is 9.35. The summed E-state index contributed by atoms with van der Waals surface area (Å²) in [5.74, 6) is -0.241. The second-order valence-corrected chi connectivity index (χ2v) is 6.97. The van der Waals surface area contributed by atoms with Gasteiger partial charge in [0.2, 0.25) is 5.91 Å². The summed E-state index contributed by atoms with van der Waals surface area (Å²) >= 11 is 0. The fraction of sp³-hybridized carbons (Fsp3) is 0.579. The van der Waals surface area contributed by atoms with Crippen LogP contribution < -0.4 is 15.5 Å². The molecular formula is C19H29F3IN5O. The maximum absolute atomic E-state index is 12.4. The fourth-order valence-corrected chi connectivity index (χ4v) is 3.01. The largest absolute Gasteiger partial charge is 0.406 e. The first-order valence-corrected chi connectivity index (χ1v) is 9.35. The molecule has 10 heteroatoms. The van der Waals surface area contributed by atoms with E-state index in [9.17, 15) is 18.0 Å². The van der Waals surface area contributed by atoms with Gasteiger partial charge < -0.3 is 20.4 Å². The van der Waals surface area contributed by atoms with Crippen molar-refractivity contribution in [3.05, 3.63) is 29.8 Å². The molecule has 1 fully saturated rings. The molecule has 1 atom stereocenters. The number of aryl methyl sites for hydroxylation is 1. The molecule has 0 radical (unpaired) electrons. The highest BCUT2D eigenvalue weighted by Gasteiger charge is 2.31. The highest BCUT2D eigenvalue weighted by molar-refractivity contribution is 14.0. The lowest BCUT2D eigenvalue weighted by Gasteiger charge is -2.21. The van der Waals surface area contributed by atoms with Gasteiger partial charge in [-0.2, -0.15) is 13.2 Å². The van der Waals surface area contributed by atoms with Crippen molar-refractivity contribution in [3.63, 3.8) is 0 Å². The lowest BCUT2D eigenvalue weighted by atomic mass is 10.2. The van der Waals surface area contributed by atoms with E-state index < -0.39 is 18.6 Å². The standard InChI is InChI=1S/C19H28F3N5O.HI/c1-4-23-18(24-11-17(28)26(3)13-19(20,21)22)25-15-9-10-27(12-15)16-7-5-14(2)6-8-16;/h5-8,15H,4,9-13H2,1-3H3,(H2,23,24,25);1H. The minimum absolute atomic E-state index is 0. The summed E-state index contributed by atoms with van der Waals surface area (Å²) < 4.78 is 37.2. The second kappa shape index (κ2) is 11.5. The molecule has 0 bridgehead atoms. The van der Waals surface area contributed by atoms with Crippen LogP contribution in [0.25, 0.3) is 0 Å². The number of carbonyl (C=O) groups excluding carboxylic acids is 1. The summed E-state index contributed by atoms with van der Waals surface area (Å²) in [6, 6.07) is 8.47. The van der Waals surface area contributed by atoms with E-state index in [4.69, 9.17) is 0 Å². The Morgan fingerprint density at radius 3 is 2.55 bits per heavy atom. The Balaban J connectivity index is 0.00000420. The molecule has 1 amide bonds. The third-order valence-electron chi connectivity index (χ3n) is 4.49. The summed E-state index contributed by atoms with van der Waals surface area (Å²) in [7, 11) is 1.13. The molecule has 2 rings (SSSR count). The number of nitrogens with zero attached hydrogens (tertiary/aromatic N) is 3. The van der Waals surface area contributed by atoms with E-state index in [-0.39, 0.29) is 36.6 Å². The van der Waals surface area contributed by atoms with Crippen molar-refractivity contribution in [2.45, 2.75) is 32.5 Å². The molecule has 1 saturated heterocycles. The van der Waals surface area contributed by atoms with Crippen molar-refractivity contribution in [2.75, 3.05) is 44.7 Å². The Labute approximate surface area is 186 Å². The van der Waals surface area contributed by atoms with Gasteiger partial charge in [-0.05, 0) is 32.4 Å². The molecule has 0 spiro atoms. The maximum Gasteiger partial charge on any atom is 0.406 e. The second-order valence-electron chi connectivity index (χ2n) is 6.97. The number of rotatable bonds is 6. The molecule has 1 aromatic carbocycles. The molecule has 1 aliphatic rings. The first kappa shape index (κ1) is 25.3. The van der Waals surface area contributed by atoms with Crippen LogP contribution in [0.2, 0.25) is 0 Å². The topological polar surface area (TPSA) is 60.0 Å². The summed E-state index contributed by atoms with van der Waals surface area (Å²) in [6.45, 7) is 4.60. The van der Waals surface area contributed by atoms with Crippen LogP contribution in [0.15, 0.2) is 29.3 Å². The number of alkyl halides is 3. The van der Waals surface area contributed by atoms with Crippen molar-refractivity contribution < 1.29 is 18.0 Å². The molecule has 164 valence electrons. The van der Waals surface area contributed by atoms with Gasteiger partial charge >= 0.3 is 6.18 Å².